The van der Waals surface area contributed by atoms with Gasteiger partial charge in [0.25, 0.3) is 0 Å². The minimum absolute atomic E-state index is 0. The van der Waals surface area contributed by atoms with E-state index in [-0.39, 0.29) is 19.0 Å². The van der Waals surface area contributed by atoms with Crippen molar-refractivity contribution in [1.82, 2.24) is 4.90 Å². The van der Waals surface area contributed by atoms with Crippen LogP contribution < -0.4 is 5.32 Å². The smallest absolute Gasteiger partial charge is 0.335 e. The minimum Gasteiger partial charge on any atom is -0.478 e. The van der Waals surface area contributed by atoms with Crippen LogP contribution in [0.25, 0.3) is 0 Å². The lowest BCUT2D eigenvalue weighted by Gasteiger charge is -2.15. The molecule has 6 heteroatoms. The third-order valence-electron chi connectivity index (χ3n) is 3.30. The maximum atomic E-state index is 10.6. The molecule has 0 bridgehead atoms. The number of hydrogen-bond donors (Lipinski definition) is 3. The highest BCUT2D eigenvalue weighted by Gasteiger charge is 2.00. The summed E-state index contributed by atoms with van der Waals surface area (Å²) in [5.74, 6) is -0.884. The summed E-state index contributed by atoms with van der Waals surface area (Å²) in [7, 11) is 0. The van der Waals surface area contributed by atoms with Crippen molar-refractivity contribution in [2.75, 3.05) is 38.1 Å². The van der Waals surface area contributed by atoms with E-state index in [1.54, 1.807) is 24.3 Å². The zero-order chi connectivity index (χ0) is 16.8. The molecule has 0 amide bonds. The molecular formula is C17H31ClN2O3. The molecule has 0 aliphatic carbocycles. The topological polar surface area (TPSA) is 72.8 Å². The number of carbonyl (C=O) groups is 1. The molecule has 5 nitrogen and oxygen atoms in total. The molecular weight excluding hydrogens is 316 g/mol. The van der Waals surface area contributed by atoms with Crippen molar-refractivity contribution in [3.63, 3.8) is 0 Å². The Morgan fingerprint density at radius 3 is 2.04 bits per heavy atom. The van der Waals surface area contributed by atoms with Crippen LogP contribution in [0.5, 0.6) is 0 Å². The van der Waals surface area contributed by atoms with Crippen LogP contribution in [0.3, 0.4) is 0 Å². The summed E-state index contributed by atoms with van der Waals surface area (Å²) in [5, 5.41) is 20.3. The zero-order valence-corrected chi connectivity index (χ0v) is 15.2. The van der Waals surface area contributed by atoms with Crippen molar-refractivity contribution in [2.45, 2.75) is 33.6 Å². The van der Waals surface area contributed by atoms with Crippen molar-refractivity contribution < 1.29 is 15.0 Å². The molecule has 1 aromatic rings. The number of aliphatic hydroxyl groups is 1. The second-order valence-corrected chi connectivity index (χ2v) is 4.91. The molecule has 0 fully saturated rings. The van der Waals surface area contributed by atoms with Gasteiger partial charge >= 0.3 is 5.97 Å². The second-order valence-electron chi connectivity index (χ2n) is 4.91. The Bertz CT molecular complexity index is 395. The van der Waals surface area contributed by atoms with E-state index in [9.17, 15) is 4.79 Å². The van der Waals surface area contributed by atoms with Gasteiger partial charge in [0.15, 0.2) is 0 Å². The molecule has 0 aliphatic rings. The number of rotatable bonds is 9. The first-order valence-electron chi connectivity index (χ1n) is 7.99. The highest BCUT2D eigenvalue weighted by molar-refractivity contribution is 5.88. The number of unbranched alkanes of at least 4 members (excludes halogenated alkanes) is 1. The highest BCUT2D eigenvalue weighted by atomic mass is 35.5. The first-order chi connectivity index (χ1) is 10.6. The SMILES string of the molecule is CCCCNc1ccc(C(=O)O)cc1.CCN(CC)CCO.Cl. The first kappa shape index (κ1) is 24.0. The third-order valence-corrected chi connectivity index (χ3v) is 3.30. The molecule has 0 atom stereocenters. The van der Waals surface area contributed by atoms with Gasteiger partial charge in [-0.15, -0.1) is 12.4 Å². The molecule has 0 saturated carbocycles. The van der Waals surface area contributed by atoms with Crippen molar-refractivity contribution in [1.29, 1.82) is 0 Å². The number of carboxylic acids is 1. The maximum Gasteiger partial charge on any atom is 0.335 e. The average Bonchev–Trinajstić information content (AvgIpc) is 2.54. The lowest BCUT2D eigenvalue weighted by molar-refractivity contribution is 0.0697. The molecule has 1 rings (SSSR count). The Balaban J connectivity index is 0. The Kier molecular flexibility index (Phi) is 16.2. The highest BCUT2D eigenvalue weighted by Crippen LogP contribution is 2.09. The van der Waals surface area contributed by atoms with E-state index in [0.29, 0.717) is 5.56 Å². The molecule has 3 N–H and O–H groups in total. The number of hydrogen-bond acceptors (Lipinski definition) is 4. The van der Waals surface area contributed by atoms with E-state index < -0.39 is 5.97 Å². The number of aliphatic hydroxyl groups excluding tert-OH is 1. The predicted molar refractivity (Wildman–Crippen MR) is 98.9 cm³/mol. The number of aromatic carboxylic acids is 1. The fourth-order valence-electron chi connectivity index (χ4n) is 1.82. The summed E-state index contributed by atoms with van der Waals surface area (Å²) < 4.78 is 0. The van der Waals surface area contributed by atoms with Crippen LogP contribution in [0.2, 0.25) is 0 Å². The monoisotopic (exact) mass is 346 g/mol. The Hall–Kier alpha value is -1.30. The molecule has 0 saturated heterocycles. The van der Waals surface area contributed by atoms with Crippen molar-refractivity contribution in [2.24, 2.45) is 0 Å². The van der Waals surface area contributed by atoms with Crippen molar-refractivity contribution >= 4 is 24.1 Å². The number of anilines is 1. The van der Waals surface area contributed by atoms with Gasteiger partial charge in [-0.25, -0.2) is 4.79 Å². The second kappa shape index (κ2) is 15.6. The number of likely N-dealkylation sites (N-methyl/N-ethyl adjacent to an activating group) is 1. The number of nitrogens with zero attached hydrogens (tertiary/aromatic N) is 1. The van der Waals surface area contributed by atoms with E-state index in [2.05, 4.69) is 31.0 Å². The van der Waals surface area contributed by atoms with E-state index >= 15 is 0 Å². The molecule has 0 spiro atoms. The van der Waals surface area contributed by atoms with Gasteiger partial charge in [0.1, 0.15) is 0 Å². The van der Waals surface area contributed by atoms with E-state index in [1.165, 1.54) is 0 Å². The van der Waals surface area contributed by atoms with Crippen LogP contribution in [0.15, 0.2) is 24.3 Å². The van der Waals surface area contributed by atoms with Crippen LogP contribution in [0.1, 0.15) is 44.0 Å². The summed E-state index contributed by atoms with van der Waals surface area (Å²) in [6, 6.07) is 6.80. The minimum atomic E-state index is -0.884. The van der Waals surface area contributed by atoms with Gasteiger partial charge in [-0.1, -0.05) is 27.2 Å². The van der Waals surface area contributed by atoms with E-state index in [4.69, 9.17) is 10.2 Å². The van der Waals surface area contributed by atoms with Crippen molar-refractivity contribution in [3.05, 3.63) is 29.8 Å². The molecule has 134 valence electrons. The molecule has 0 aromatic heterocycles. The van der Waals surface area contributed by atoms with Crippen LogP contribution in [-0.4, -0.2) is 53.9 Å². The number of benzene rings is 1. The standard InChI is InChI=1S/C11H15NO2.C6H15NO.ClH/c1-2-3-8-12-10-6-4-9(5-7-10)11(13)14;1-3-7(4-2)5-6-8;/h4-7,12H,2-3,8H2,1H3,(H,13,14);8H,3-6H2,1-2H3;1H. The van der Waals surface area contributed by atoms with Crippen LogP contribution in [0, 0.1) is 0 Å². The summed E-state index contributed by atoms with van der Waals surface area (Å²) in [6.45, 7) is 10.4. The summed E-state index contributed by atoms with van der Waals surface area (Å²) in [4.78, 5) is 12.7. The van der Waals surface area contributed by atoms with Crippen LogP contribution in [-0.2, 0) is 0 Å². The van der Waals surface area contributed by atoms with Gasteiger partial charge < -0.3 is 20.4 Å². The summed E-state index contributed by atoms with van der Waals surface area (Å²) in [5.41, 5.74) is 1.30. The number of carboxylic acid groups (broad SMARTS) is 1. The Labute approximate surface area is 146 Å². The average molecular weight is 347 g/mol. The lowest BCUT2D eigenvalue weighted by atomic mass is 10.2. The fraction of sp³-hybridized carbons (Fsp3) is 0.588. The van der Waals surface area contributed by atoms with Gasteiger partial charge in [-0.3, -0.25) is 0 Å². The summed E-state index contributed by atoms with van der Waals surface area (Å²) in [6.07, 6.45) is 2.28. The van der Waals surface area contributed by atoms with E-state index in [0.717, 1.165) is 44.7 Å². The fourth-order valence-corrected chi connectivity index (χ4v) is 1.82. The van der Waals surface area contributed by atoms with E-state index in [1.807, 2.05) is 0 Å². The summed E-state index contributed by atoms with van der Waals surface area (Å²) >= 11 is 0. The zero-order valence-electron chi connectivity index (χ0n) is 14.4. The van der Waals surface area contributed by atoms with Crippen molar-refractivity contribution in [3.8, 4) is 0 Å². The maximum absolute atomic E-state index is 10.6. The quantitative estimate of drug-likeness (QED) is 0.598. The molecule has 1 aromatic carbocycles. The van der Waals surface area contributed by atoms with Crippen LogP contribution in [0.4, 0.5) is 5.69 Å². The van der Waals surface area contributed by atoms with Gasteiger partial charge in [0.2, 0.25) is 0 Å². The van der Waals surface area contributed by atoms with Gasteiger partial charge in [-0.05, 0) is 43.8 Å². The molecule has 0 radical (unpaired) electrons. The predicted octanol–water partition coefficient (Wildman–Crippen LogP) is 3.34. The molecule has 0 aliphatic heterocycles. The Morgan fingerprint density at radius 1 is 1.13 bits per heavy atom. The van der Waals surface area contributed by atoms with Gasteiger partial charge in [0.05, 0.1) is 12.2 Å². The first-order valence-corrected chi connectivity index (χ1v) is 7.99. The molecule has 0 heterocycles. The lowest BCUT2D eigenvalue weighted by Crippen LogP contribution is -2.25. The van der Waals surface area contributed by atoms with Gasteiger partial charge in [-0.2, -0.15) is 0 Å². The molecule has 0 unspecified atom stereocenters. The largest absolute Gasteiger partial charge is 0.478 e. The normalized spacial score (nSPS) is 9.61. The Morgan fingerprint density at radius 2 is 1.70 bits per heavy atom. The molecule has 23 heavy (non-hydrogen) atoms. The third kappa shape index (κ3) is 11.9. The number of nitrogens with one attached hydrogen (secondary N) is 1. The van der Waals surface area contributed by atoms with Crippen LogP contribution >= 0.6 is 12.4 Å². The van der Waals surface area contributed by atoms with Gasteiger partial charge in [0, 0.05) is 18.8 Å². The number of halogens is 1.